The van der Waals surface area contributed by atoms with Gasteiger partial charge in [0, 0.05) is 17.3 Å². The minimum atomic E-state index is 0.724. The molecule has 1 unspecified atom stereocenters. The van der Waals surface area contributed by atoms with Gasteiger partial charge in [-0.2, -0.15) is 0 Å². The van der Waals surface area contributed by atoms with Crippen molar-refractivity contribution < 1.29 is 0 Å². The zero-order valence-electron chi connectivity index (χ0n) is 9.68. The smallest absolute Gasteiger partial charge is 0.0930 e. The number of thiazole rings is 1. The van der Waals surface area contributed by atoms with Crippen LogP contribution in [-0.4, -0.2) is 18.1 Å². The topological polar surface area (TPSA) is 24.9 Å². The first-order valence-corrected chi connectivity index (χ1v) is 6.79. The maximum Gasteiger partial charge on any atom is 0.0930 e. The highest BCUT2D eigenvalue weighted by molar-refractivity contribution is 7.11. The molecule has 0 amide bonds. The molecule has 2 rings (SSSR count). The van der Waals surface area contributed by atoms with Gasteiger partial charge in [0.1, 0.15) is 0 Å². The number of rotatable bonds is 3. The predicted molar refractivity (Wildman–Crippen MR) is 65.7 cm³/mol. The highest BCUT2D eigenvalue weighted by Gasteiger charge is 2.20. The number of hydrogen-bond donors (Lipinski definition) is 1. The molecule has 0 radical (unpaired) electrons. The Morgan fingerprint density at radius 2 is 2.40 bits per heavy atom. The van der Waals surface area contributed by atoms with Gasteiger partial charge >= 0.3 is 0 Å². The number of aryl methyl sites for hydroxylation is 2. The van der Waals surface area contributed by atoms with E-state index in [-0.39, 0.29) is 0 Å². The van der Waals surface area contributed by atoms with Crippen molar-refractivity contribution in [3.05, 3.63) is 15.6 Å². The molecule has 3 heteroatoms. The molecule has 0 aromatic carbocycles. The summed E-state index contributed by atoms with van der Waals surface area (Å²) >= 11 is 1.94. The lowest BCUT2D eigenvalue weighted by Crippen LogP contribution is -2.28. The number of piperidine rings is 1. The van der Waals surface area contributed by atoms with E-state index in [1.807, 2.05) is 11.3 Å². The molecule has 1 N–H and O–H groups in total. The lowest BCUT2D eigenvalue weighted by molar-refractivity contribution is 0.464. The molecule has 2 nitrogen and oxygen atoms in total. The summed E-state index contributed by atoms with van der Waals surface area (Å²) in [6.45, 7) is 6.73. The summed E-state index contributed by atoms with van der Waals surface area (Å²) < 4.78 is 0. The number of hydrogen-bond acceptors (Lipinski definition) is 3. The second-order valence-electron chi connectivity index (χ2n) is 4.35. The van der Waals surface area contributed by atoms with Gasteiger partial charge < -0.3 is 5.32 Å². The van der Waals surface area contributed by atoms with E-state index in [1.165, 1.54) is 41.4 Å². The molecule has 1 aromatic heterocycles. The molecule has 1 atom stereocenters. The third-order valence-corrected chi connectivity index (χ3v) is 4.39. The molecule has 1 aliphatic rings. The SMILES string of the molecule is CCCc1nc(C)c(C2CCCNC2)s1. The van der Waals surface area contributed by atoms with Crippen molar-refractivity contribution in [2.24, 2.45) is 0 Å². The molecule has 0 saturated carbocycles. The molecule has 0 bridgehead atoms. The quantitative estimate of drug-likeness (QED) is 0.854. The standard InChI is InChI=1S/C12H20N2S/c1-3-5-11-14-9(2)12(15-11)10-6-4-7-13-8-10/h10,13H,3-8H2,1-2H3. The van der Waals surface area contributed by atoms with Gasteiger partial charge in [-0.1, -0.05) is 6.92 Å². The molecular formula is C12H20N2S. The number of aromatic nitrogens is 1. The highest BCUT2D eigenvalue weighted by Crippen LogP contribution is 2.31. The fourth-order valence-electron chi connectivity index (χ4n) is 2.24. The molecule has 1 saturated heterocycles. The Balaban J connectivity index is 2.11. The maximum atomic E-state index is 4.67. The average molecular weight is 224 g/mol. The Labute approximate surface area is 96.1 Å². The van der Waals surface area contributed by atoms with E-state index in [9.17, 15) is 0 Å². The number of nitrogens with one attached hydrogen (secondary N) is 1. The first kappa shape index (κ1) is 11.1. The molecule has 0 spiro atoms. The van der Waals surface area contributed by atoms with Gasteiger partial charge in [-0.3, -0.25) is 0 Å². The second kappa shape index (κ2) is 5.08. The lowest BCUT2D eigenvalue weighted by atomic mass is 9.97. The number of nitrogens with zero attached hydrogens (tertiary/aromatic N) is 1. The van der Waals surface area contributed by atoms with E-state index in [0.29, 0.717) is 0 Å². The molecule has 1 aromatic rings. The molecule has 2 heterocycles. The van der Waals surface area contributed by atoms with Gasteiger partial charge in [-0.15, -0.1) is 11.3 Å². The Morgan fingerprint density at radius 3 is 3.07 bits per heavy atom. The molecule has 84 valence electrons. The van der Waals surface area contributed by atoms with Crippen molar-refractivity contribution in [1.82, 2.24) is 10.3 Å². The van der Waals surface area contributed by atoms with Crippen LogP contribution >= 0.6 is 11.3 Å². The van der Waals surface area contributed by atoms with E-state index in [1.54, 1.807) is 0 Å². The third kappa shape index (κ3) is 2.58. The van der Waals surface area contributed by atoms with E-state index < -0.39 is 0 Å². The zero-order chi connectivity index (χ0) is 10.7. The Morgan fingerprint density at radius 1 is 1.53 bits per heavy atom. The van der Waals surface area contributed by atoms with Crippen molar-refractivity contribution >= 4 is 11.3 Å². The van der Waals surface area contributed by atoms with Crippen LogP contribution in [0.2, 0.25) is 0 Å². The van der Waals surface area contributed by atoms with E-state index in [0.717, 1.165) is 18.9 Å². The maximum absolute atomic E-state index is 4.67. The van der Waals surface area contributed by atoms with Crippen LogP contribution in [0.1, 0.15) is 47.7 Å². The summed E-state index contributed by atoms with van der Waals surface area (Å²) in [6, 6.07) is 0. The van der Waals surface area contributed by atoms with Crippen molar-refractivity contribution in [2.45, 2.75) is 45.4 Å². The van der Waals surface area contributed by atoms with Crippen LogP contribution in [0, 0.1) is 6.92 Å². The van der Waals surface area contributed by atoms with Crippen LogP contribution < -0.4 is 5.32 Å². The normalized spacial score (nSPS) is 21.9. The van der Waals surface area contributed by atoms with Crippen LogP contribution in [0.3, 0.4) is 0 Å². The summed E-state index contributed by atoms with van der Waals surface area (Å²) in [7, 11) is 0. The van der Waals surface area contributed by atoms with Crippen molar-refractivity contribution in [3.8, 4) is 0 Å². The summed E-state index contributed by atoms with van der Waals surface area (Å²) in [5.74, 6) is 0.724. The van der Waals surface area contributed by atoms with Crippen molar-refractivity contribution in [2.75, 3.05) is 13.1 Å². The minimum Gasteiger partial charge on any atom is -0.316 e. The van der Waals surface area contributed by atoms with Crippen LogP contribution in [0.25, 0.3) is 0 Å². The third-order valence-electron chi connectivity index (χ3n) is 3.01. The minimum absolute atomic E-state index is 0.724. The van der Waals surface area contributed by atoms with Crippen molar-refractivity contribution in [3.63, 3.8) is 0 Å². The fourth-order valence-corrected chi connectivity index (χ4v) is 3.54. The largest absolute Gasteiger partial charge is 0.316 e. The van der Waals surface area contributed by atoms with Crippen LogP contribution in [-0.2, 0) is 6.42 Å². The highest BCUT2D eigenvalue weighted by atomic mass is 32.1. The van der Waals surface area contributed by atoms with Gasteiger partial charge in [-0.25, -0.2) is 4.98 Å². The average Bonchev–Trinajstić information content (AvgIpc) is 2.61. The lowest BCUT2D eigenvalue weighted by Gasteiger charge is -2.21. The van der Waals surface area contributed by atoms with Gasteiger partial charge in [0.15, 0.2) is 0 Å². The molecule has 15 heavy (non-hydrogen) atoms. The predicted octanol–water partition coefficient (Wildman–Crippen LogP) is 2.87. The van der Waals surface area contributed by atoms with E-state index in [2.05, 4.69) is 24.1 Å². The first-order valence-electron chi connectivity index (χ1n) is 5.98. The summed E-state index contributed by atoms with van der Waals surface area (Å²) in [4.78, 5) is 6.20. The van der Waals surface area contributed by atoms with Crippen LogP contribution in [0.4, 0.5) is 0 Å². The summed E-state index contributed by atoms with van der Waals surface area (Å²) in [5, 5.41) is 4.81. The second-order valence-corrected chi connectivity index (χ2v) is 5.47. The monoisotopic (exact) mass is 224 g/mol. The Bertz CT molecular complexity index is 313. The zero-order valence-corrected chi connectivity index (χ0v) is 10.5. The van der Waals surface area contributed by atoms with Crippen LogP contribution in [0.5, 0.6) is 0 Å². The Kier molecular flexibility index (Phi) is 3.76. The summed E-state index contributed by atoms with van der Waals surface area (Å²) in [5.41, 5.74) is 1.28. The molecule has 0 aliphatic carbocycles. The fraction of sp³-hybridized carbons (Fsp3) is 0.750. The van der Waals surface area contributed by atoms with Gasteiger partial charge in [0.25, 0.3) is 0 Å². The molecule has 1 fully saturated rings. The first-order chi connectivity index (χ1) is 7.31. The van der Waals surface area contributed by atoms with Gasteiger partial charge in [-0.05, 0) is 39.2 Å². The summed E-state index contributed by atoms with van der Waals surface area (Å²) in [6.07, 6.45) is 4.99. The van der Waals surface area contributed by atoms with Gasteiger partial charge in [0.05, 0.1) is 10.7 Å². The molecule has 1 aliphatic heterocycles. The van der Waals surface area contributed by atoms with Crippen LogP contribution in [0.15, 0.2) is 0 Å². The van der Waals surface area contributed by atoms with E-state index >= 15 is 0 Å². The van der Waals surface area contributed by atoms with Gasteiger partial charge in [0.2, 0.25) is 0 Å². The Hall–Kier alpha value is -0.410. The van der Waals surface area contributed by atoms with Crippen molar-refractivity contribution in [1.29, 1.82) is 0 Å². The molecular weight excluding hydrogens is 204 g/mol. The van der Waals surface area contributed by atoms with E-state index in [4.69, 9.17) is 0 Å².